The molecule has 0 heterocycles. The van der Waals surface area contributed by atoms with Gasteiger partial charge in [-0.05, 0) is 61.1 Å². The molecule has 0 aliphatic rings. The van der Waals surface area contributed by atoms with Gasteiger partial charge in [0.05, 0.1) is 9.79 Å². The molecular formula is C36H56CaO7S2. The zero-order valence-electron chi connectivity index (χ0n) is 28.4. The Kier molecular flexibility index (Phi) is 23.0. The Labute approximate surface area is 310 Å². The summed E-state index contributed by atoms with van der Waals surface area (Å²) in [5.74, 6) is -0.197. The molecule has 0 saturated carbocycles. The molecule has 0 unspecified atom stereocenters. The molecule has 2 rings (SSSR count). The summed E-state index contributed by atoms with van der Waals surface area (Å²) in [5, 5.41) is 0. The van der Waals surface area contributed by atoms with Crippen molar-refractivity contribution in [1.82, 2.24) is 0 Å². The largest absolute Gasteiger partial charge is 2.00 e. The minimum atomic E-state index is -4.86. The third-order valence-corrected chi connectivity index (χ3v) is 10.2. The number of rotatable bonds is 26. The van der Waals surface area contributed by atoms with Crippen molar-refractivity contribution in [3.05, 3.63) is 47.5 Å². The Morgan fingerprint density at radius 1 is 0.522 bits per heavy atom. The predicted molar refractivity (Wildman–Crippen MR) is 186 cm³/mol. The molecule has 0 fully saturated rings. The Balaban J connectivity index is 0.0000106. The number of hydrogen-bond donors (Lipinski definition) is 0. The molecular weight excluding hydrogens is 649 g/mol. The molecule has 0 N–H and O–H groups in total. The van der Waals surface area contributed by atoms with Gasteiger partial charge in [-0.3, -0.25) is 0 Å². The molecule has 0 aliphatic heterocycles. The van der Waals surface area contributed by atoms with Crippen LogP contribution in [-0.4, -0.2) is 63.7 Å². The normalized spacial score (nSPS) is 11.8. The van der Waals surface area contributed by atoms with Gasteiger partial charge in [-0.15, -0.1) is 0 Å². The average molecular weight is 705 g/mol. The van der Waals surface area contributed by atoms with E-state index in [2.05, 4.69) is 13.8 Å². The van der Waals surface area contributed by atoms with Crippen LogP contribution in [0.1, 0.15) is 153 Å². The second kappa shape index (κ2) is 24.5. The summed E-state index contributed by atoms with van der Waals surface area (Å²) in [6, 6.07) is 8.68. The third-order valence-electron chi connectivity index (χ3n) is 8.43. The van der Waals surface area contributed by atoms with Gasteiger partial charge in [0, 0.05) is 0 Å². The molecule has 0 aromatic heterocycles. The van der Waals surface area contributed by atoms with E-state index >= 15 is 0 Å². The van der Waals surface area contributed by atoms with E-state index in [-0.39, 0.29) is 54.1 Å². The van der Waals surface area contributed by atoms with Crippen LogP contribution >= 0.6 is 0 Å². The molecule has 0 spiro atoms. The van der Waals surface area contributed by atoms with Crippen molar-refractivity contribution in [3.8, 4) is 11.5 Å². The summed E-state index contributed by atoms with van der Waals surface area (Å²) in [6.07, 6.45) is 24.5. The first-order chi connectivity index (χ1) is 21.6. The summed E-state index contributed by atoms with van der Waals surface area (Å²) >= 11 is 0. The van der Waals surface area contributed by atoms with Crippen LogP contribution in [0.2, 0.25) is 0 Å². The molecule has 0 amide bonds. The van der Waals surface area contributed by atoms with Crippen LogP contribution in [0, 0.1) is 0 Å². The van der Waals surface area contributed by atoms with Crippen LogP contribution in [0.25, 0.3) is 0 Å². The van der Waals surface area contributed by atoms with Crippen molar-refractivity contribution in [2.75, 3.05) is 0 Å². The first kappa shape index (κ1) is 43.3. The van der Waals surface area contributed by atoms with Crippen LogP contribution in [0.15, 0.2) is 46.2 Å². The van der Waals surface area contributed by atoms with Gasteiger partial charge in [-0.25, -0.2) is 16.8 Å². The maximum Gasteiger partial charge on any atom is 2.00 e. The van der Waals surface area contributed by atoms with E-state index in [1.54, 1.807) is 12.1 Å². The van der Waals surface area contributed by atoms with Crippen LogP contribution in [0.4, 0.5) is 0 Å². The summed E-state index contributed by atoms with van der Waals surface area (Å²) in [7, 11) is -9.65. The smallest absolute Gasteiger partial charge is 0.744 e. The molecule has 10 heteroatoms. The quantitative estimate of drug-likeness (QED) is 0.0542. The zero-order valence-corrected chi connectivity index (χ0v) is 32.2. The Bertz CT molecular complexity index is 1330. The summed E-state index contributed by atoms with van der Waals surface area (Å²) in [6.45, 7) is 4.42. The maximum absolute atomic E-state index is 12.1. The molecule has 0 aliphatic carbocycles. The van der Waals surface area contributed by atoms with Crippen molar-refractivity contribution < 1.29 is 30.7 Å². The second-order valence-corrected chi connectivity index (χ2v) is 15.1. The van der Waals surface area contributed by atoms with Crippen molar-refractivity contribution in [1.29, 1.82) is 0 Å². The van der Waals surface area contributed by atoms with Gasteiger partial charge in [0.2, 0.25) is 0 Å². The Hall–Kier alpha value is -0.680. The van der Waals surface area contributed by atoms with Crippen LogP contribution in [0.3, 0.4) is 0 Å². The molecule has 0 radical (unpaired) electrons. The number of hydrogen-bond acceptors (Lipinski definition) is 7. The predicted octanol–water partition coefficient (Wildman–Crippen LogP) is 9.83. The molecule has 46 heavy (non-hydrogen) atoms. The van der Waals surface area contributed by atoms with Crippen LogP contribution in [0.5, 0.6) is 11.5 Å². The summed E-state index contributed by atoms with van der Waals surface area (Å²) < 4.78 is 78.3. The minimum absolute atomic E-state index is 0. The van der Waals surface area contributed by atoms with Gasteiger partial charge in [0.15, 0.2) is 0 Å². The Morgan fingerprint density at radius 2 is 0.957 bits per heavy atom. The standard InChI is InChI=1S/C36H58O7S2.Ca/c1-3-5-7-9-11-13-15-17-19-21-23-31-25-28-34(36(29-31)45(40,41)42)43-33-27-26-32(35(30-33)44(37,38)39)24-22-20-18-16-14-12-10-8-6-4-2;/h25-30H,3-24H2,1-2H3,(H,37,38,39)(H,40,41,42);/q;+2/p-2. The summed E-state index contributed by atoms with van der Waals surface area (Å²) in [4.78, 5) is -0.868. The van der Waals surface area contributed by atoms with Crippen molar-refractivity contribution in [2.45, 2.75) is 165 Å². The monoisotopic (exact) mass is 704 g/mol. The fourth-order valence-electron chi connectivity index (χ4n) is 5.77. The van der Waals surface area contributed by atoms with E-state index in [1.807, 2.05) is 0 Å². The van der Waals surface area contributed by atoms with Gasteiger partial charge < -0.3 is 13.8 Å². The summed E-state index contributed by atoms with van der Waals surface area (Å²) in [5.41, 5.74) is 1.14. The molecule has 0 bridgehead atoms. The zero-order chi connectivity index (χ0) is 33.0. The van der Waals surface area contributed by atoms with Gasteiger partial charge in [0.25, 0.3) is 0 Å². The fourth-order valence-corrected chi connectivity index (χ4v) is 7.18. The number of benzene rings is 2. The van der Waals surface area contributed by atoms with E-state index in [9.17, 15) is 25.9 Å². The van der Waals surface area contributed by atoms with Crippen molar-refractivity contribution >= 4 is 58.0 Å². The van der Waals surface area contributed by atoms with Crippen molar-refractivity contribution in [2.24, 2.45) is 0 Å². The van der Waals surface area contributed by atoms with Crippen molar-refractivity contribution in [3.63, 3.8) is 0 Å². The topological polar surface area (TPSA) is 124 Å². The van der Waals surface area contributed by atoms with Gasteiger partial charge in [-0.1, -0.05) is 142 Å². The van der Waals surface area contributed by atoms with Gasteiger partial charge >= 0.3 is 37.7 Å². The van der Waals surface area contributed by atoms with E-state index < -0.39 is 25.1 Å². The number of aryl methyl sites for hydroxylation is 2. The fraction of sp³-hybridized carbons (Fsp3) is 0.667. The first-order valence-corrected chi connectivity index (χ1v) is 20.2. The number of unbranched alkanes of at least 4 members (excludes halogenated alkanes) is 18. The second-order valence-electron chi connectivity index (χ2n) is 12.4. The third kappa shape index (κ3) is 18.2. The molecule has 0 saturated heterocycles. The molecule has 2 aromatic carbocycles. The molecule has 256 valence electrons. The number of ether oxygens (including phenoxy) is 1. The van der Waals surface area contributed by atoms with E-state index in [0.29, 0.717) is 18.4 Å². The van der Waals surface area contributed by atoms with E-state index in [4.69, 9.17) is 4.74 Å². The van der Waals surface area contributed by atoms with Crippen LogP contribution in [-0.2, 0) is 33.1 Å². The molecule has 7 nitrogen and oxygen atoms in total. The minimum Gasteiger partial charge on any atom is -0.744 e. The first-order valence-electron chi connectivity index (χ1n) is 17.4. The molecule has 2 aromatic rings. The van der Waals surface area contributed by atoms with Crippen LogP contribution < -0.4 is 4.74 Å². The SMILES string of the molecule is CCCCCCCCCCCCc1ccc(Oc2ccc(CCCCCCCCCCCC)c(S(=O)(=O)[O-])c2)c(S(=O)(=O)[O-])c1.[Ca+2]. The molecule has 0 atom stereocenters. The Morgan fingerprint density at radius 3 is 1.41 bits per heavy atom. The van der Waals surface area contributed by atoms with Gasteiger partial charge in [0.1, 0.15) is 31.7 Å². The van der Waals surface area contributed by atoms with Gasteiger partial charge in [-0.2, -0.15) is 0 Å². The average Bonchev–Trinajstić information content (AvgIpc) is 2.99. The van der Waals surface area contributed by atoms with E-state index in [0.717, 1.165) is 56.6 Å². The maximum atomic E-state index is 12.1. The van der Waals surface area contributed by atoms with E-state index in [1.165, 1.54) is 102 Å².